The van der Waals surface area contributed by atoms with Gasteiger partial charge in [-0.3, -0.25) is 9.71 Å². The van der Waals surface area contributed by atoms with Gasteiger partial charge in [-0.2, -0.15) is 0 Å². The summed E-state index contributed by atoms with van der Waals surface area (Å²) in [6.45, 7) is 2.19. The number of anilines is 1. The molecule has 0 aromatic carbocycles. The van der Waals surface area contributed by atoms with E-state index in [-0.39, 0.29) is 0 Å². The Morgan fingerprint density at radius 1 is 1.53 bits per heavy atom. The molecule has 0 saturated heterocycles. The summed E-state index contributed by atoms with van der Waals surface area (Å²) in [6, 6.07) is 3.90. The average Bonchev–Trinajstić information content (AvgIpc) is 3.10. The topological polar surface area (TPSA) is 71.1 Å². The van der Waals surface area contributed by atoms with E-state index in [2.05, 4.69) is 15.0 Å². The Morgan fingerprint density at radius 2 is 2.29 bits per heavy atom. The first-order valence-corrected chi connectivity index (χ1v) is 7.27. The Labute approximate surface area is 102 Å². The van der Waals surface area contributed by atoms with Gasteiger partial charge in [0.05, 0.1) is 17.1 Å². The first-order valence-electron chi connectivity index (χ1n) is 5.73. The molecule has 0 radical (unpaired) electrons. The maximum absolute atomic E-state index is 12.0. The minimum Gasteiger partial charge on any atom is -0.313 e. The molecule has 6 heteroatoms. The van der Waals surface area contributed by atoms with Gasteiger partial charge in [-0.15, -0.1) is 0 Å². The predicted octanol–water partition coefficient (Wildman–Crippen LogP) is 0.964. The Bertz CT molecular complexity index is 457. The summed E-state index contributed by atoms with van der Waals surface area (Å²) in [6.07, 6.45) is 5.42. The highest BCUT2D eigenvalue weighted by Crippen LogP contribution is 2.19. The third kappa shape index (κ3) is 3.67. The van der Waals surface area contributed by atoms with Gasteiger partial charge >= 0.3 is 0 Å². The van der Waals surface area contributed by atoms with Crippen LogP contribution in [0.25, 0.3) is 0 Å². The van der Waals surface area contributed by atoms with E-state index in [0.717, 1.165) is 12.8 Å². The van der Waals surface area contributed by atoms with E-state index in [1.807, 2.05) is 0 Å². The van der Waals surface area contributed by atoms with Crippen molar-refractivity contribution in [3.8, 4) is 0 Å². The number of nitrogens with one attached hydrogen (secondary N) is 2. The van der Waals surface area contributed by atoms with Gasteiger partial charge in [0.15, 0.2) is 0 Å². The molecule has 1 unspecified atom stereocenters. The van der Waals surface area contributed by atoms with E-state index in [4.69, 9.17) is 0 Å². The molecule has 1 saturated carbocycles. The third-order valence-electron chi connectivity index (χ3n) is 2.72. The second kappa shape index (κ2) is 5.01. The summed E-state index contributed by atoms with van der Waals surface area (Å²) in [5.41, 5.74) is 0.505. The number of rotatable bonds is 6. The van der Waals surface area contributed by atoms with Gasteiger partial charge in [0.2, 0.25) is 10.0 Å². The molecule has 2 N–H and O–H groups in total. The zero-order valence-corrected chi connectivity index (χ0v) is 10.6. The van der Waals surface area contributed by atoms with Gasteiger partial charge < -0.3 is 5.32 Å². The van der Waals surface area contributed by atoms with E-state index >= 15 is 0 Å². The zero-order chi connectivity index (χ0) is 12.3. The monoisotopic (exact) mass is 255 g/mol. The van der Waals surface area contributed by atoms with Crippen LogP contribution in [0.5, 0.6) is 0 Å². The molecule has 1 aromatic heterocycles. The summed E-state index contributed by atoms with van der Waals surface area (Å²) in [7, 11) is -3.33. The van der Waals surface area contributed by atoms with Gasteiger partial charge in [-0.05, 0) is 31.9 Å². The Kier molecular flexibility index (Phi) is 3.63. The van der Waals surface area contributed by atoms with Crippen molar-refractivity contribution in [3.63, 3.8) is 0 Å². The molecular weight excluding hydrogens is 238 g/mol. The van der Waals surface area contributed by atoms with Crippen molar-refractivity contribution in [1.29, 1.82) is 0 Å². The van der Waals surface area contributed by atoms with Crippen LogP contribution in [0.4, 0.5) is 5.69 Å². The second-order valence-electron chi connectivity index (χ2n) is 4.38. The molecule has 1 fully saturated rings. The number of nitrogens with zero attached hydrogens (tertiary/aromatic N) is 1. The lowest BCUT2D eigenvalue weighted by atomic mass is 10.4. The number of aromatic nitrogens is 1. The SMILES string of the molecule is CC(CNC1CC1)S(=O)(=O)Nc1cccnc1. The summed E-state index contributed by atoms with van der Waals surface area (Å²) in [4.78, 5) is 3.87. The lowest BCUT2D eigenvalue weighted by Crippen LogP contribution is -2.35. The number of sulfonamides is 1. The maximum atomic E-state index is 12.0. The normalized spacial score (nSPS) is 17.7. The molecule has 1 atom stereocenters. The lowest BCUT2D eigenvalue weighted by molar-refractivity contribution is 0.576. The van der Waals surface area contributed by atoms with Crippen molar-refractivity contribution in [2.24, 2.45) is 0 Å². The quantitative estimate of drug-likeness (QED) is 0.794. The Hall–Kier alpha value is -1.14. The fourth-order valence-electron chi connectivity index (χ4n) is 1.42. The summed E-state index contributed by atoms with van der Waals surface area (Å²) in [5, 5.41) is 2.76. The molecule has 1 aliphatic carbocycles. The number of pyridine rings is 1. The van der Waals surface area contributed by atoms with E-state index < -0.39 is 15.3 Å². The second-order valence-corrected chi connectivity index (χ2v) is 6.48. The number of hydrogen-bond donors (Lipinski definition) is 2. The molecular formula is C11H17N3O2S. The van der Waals surface area contributed by atoms with E-state index in [0.29, 0.717) is 18.3 Å². The van der Waals surface area contributed by atoms with Crippen LogP contribution < -0.4 is 10.0 Å². The van der Waals surface area contributed by atoms with Crippen molar-refractivity contribution in [2.75, 3.05) is 11.3 Å². The van der Waals surface area contributed by atoms with Crippen LogP contribution in [0.2, 0.25) is 0 Å². The minimum atomic E-state index is -3.33. The molecule has 94 valence electrons. The van der Waals surface area contributed by atoms with Crippen LogP contribution >= 0.6 is 0 Å². The van der Waals surface area contributed by atoms with Crippen LogP contribution in [0.15, 0.2) is 24.5 Å². The Morgan fingerprint density at radius 3 is 2.88 bits per heavy atom. The predicted molar refractivity (Wildman–Crippen MR) is 67.3 cm³/mol. The van der Waals surface area contributed by atoms with Crippen LogP contribution in [-0.2, 0) is 10.0 Å². The van der Waals surface area contributed by atoms with Crippen molar-refractivity contribution in [1.82, 2.24) is 10.3 Å². The van der Waals surface area contributed by atoms with Gasteiger partial charge in [-0.1, -0.05) is 0 Å². The first-order chi connectivity index (χ1) is 8.08. The van der Waals surface area contributed by atoms with Gasteiger partial charge in [0, 0.05) is 18.8 Å². The van der Waals surface area contributed by atoms with Crippen LogP contribution in [0.1, 0.15) is 19.8 Å². The molecule has 1 aliphatic rings. The summed E-state index contributed by atoms with van der Waals surface area (Å²) >= 11 is 0. The lowest BCUT2D eigenvalue weighted by Gasteiger charge is -2.15. The maximum Gasteiger partial charge on any atom is 0.236 e. The van der Waals surface area contributed by atoms with Crippen LogP contribution in [0, 0.1) is 0 Å². The molecule has 1 heterocycles. The highest BCUT2D eigenvalue weighted by molar-refractivity contribution is 7.93. The fourth-order valence-corrected chi connectivity index (χ4v) is 2.38. The smallest absolute Gasteiger partial charge is 0.236 e. The highest BCUT2D eigenvalue weighted by atomic mass is 32.2. The van der Waals surface area contributed by atoms with Gasteiger partial charge in [-0.25, -0.2) is 8.42 Å². The fraction of sp³-hybridized carbons (Fsp3) is 0.545. The van der Waals surface area contributed by atoms with Crippen LogP contribution in [0.3, 0.4) is 0 Å². The van der Waals surface area contributed by atoms with E-state index in [1.54, 1.807) is 25.3 Å². The Balaban J connectivity index is 1.92. The van der Waals surface area contributed by atoms with E-state index in [1.165, 1.54) is 6.20 Å². The van der Waals surface area contributed by atoms with E-state index in [9.17, 15) is 8.42 Å². The molecule has 0 bridgehead atoms. The molecule has 17 heavy (non-hydrogen) atoms. The van der Waals surface area contributed by atoms with Gasteiger partial charge in [0.25, 0.3) is 0 Å². The molecule has 0 aliphatic heterocycles. The number of hydrogen-bond acceptors (Lipinski definition) is 4. The van der Waals surface area contributed by atoms with Crippen molar-refractivity contribution < 1.29 is 8.42 Å². The van der Waals surface area contributed by atoms with Crippen molar-refractivity contribution in [2.45, 2.75) is 31.1 Å². The largest absolute Gasteiger partial charge is 0.313 e. The highest BCUT2D eigenvalue weighted by Gasteiger charge is 2.25. The molecule has 1 aromatic rings. The molecule has 2 rings (SSSR count). The summed E-state index contributed by atoms with van der Waals surface area (Å²) < 4.78 is 26.4. The standard InChI is InChI=1S/C11H17N3O2S/c1-9(7-13-10-4-5-10)17(15,16)14-11-3-2-6-12-8-11/h2-3,6,8-10,13-14H,4-5,7H2,1H3. The van der Waals surface area contributed by atoms with Crippen molar-refractivity contribution >= 4 is 15.7 Å². The molecule has 0 spiro atoms. The van der Waals surface area contributed by atoms with Crippen molar-refractivity contribution in [3.05, 3.63) is 24.5 Å². The molecule has 5 nitrogen and oxygen atoms in total. The zero-order valence-electron chi connectivity index (χ0n) is 9.76. The average molecular weight is 255 g/mol. The first kappa shape index (κ1) is 12.3. The summed E-state index contributed by atoms with van der Waals surface area (Å²) in [5.74, 6) is 0. The molecule has 0 amide bonds. The van der Waals surface area contributed by atoms with Crippen LogP contribution in [-0.4, -0.2) is 31.2 Å². The third-order valence-corrected chi connectivity index (χ3v) is 4.47. The minimum absolute atomic E-state index is 0.455. The van der Waals surface area contributed by atoms with Gasteiger partial charge in [0.1, 0.15) is 0 Å².